The first kappa shape index (κ1) is 46.3. The summed E-state index contributed by atoms with van der Waals surface area (Å²) in [7, 11) is 0. The van der Waals surface area contributed by atoms with Gasteiger partial charge in [-0.2, -0.15) is 0 Å². The smallest absolute Gasteiger partial charge is 0.246 e. The van der Waals surface area contributed by atoms with Gasteiger partial charge in [0.25, 0.3) is 0 Å². The number of thiazole rings is 1. The number of benzene rings is 2. The second kappa shape index (κ2) is 20.9. The number of carbonyl (C=O) groups is 4. The molecule has 0 spiro atoms. The van der Waals surface area contributed by atoms with Crippen LogP contribution in [0.25, 0.3) is 32.7 Å². The van der Waals surface area contributed by atoms with Crippen LogP contribution in [0.2, 0.25) is 0 Å². The molecule has 2 fully saturated rings. The Morgan fingerprint density at radius 3 is 2.30 bits per heavy atom. The zero-order chi connectivity index (χ0) is 45.4. The highest BCUT2D eigenvalue weighted by Gasteiger charge is 2.42. The molecule has 0 aliphatic carbocycles. The van der Waals surface area contributed by atoms with E-state index < -0.39 is 23.6 Å². The molecule has 340 valence electrons. The number of aryl methyl sites for hydroxylation is 1. The number of aromatic nitrogens is 4. The van der Waals surface area contributed by atoms with Crippen LogP contribution in [0.1, 0.15) is 114 Å². The summed E-state index contributed by atoms with van der Waals surface area (Å²) in [6.45, 7) is 9.54. The number of phenols is 1. The molecule has 2 saturated heterocycles. The van der Waals surface area contributed by atoms with Crippen molar-refractivity contribution in [1.29, 1.82) is 0 Å². The fourth-order valence-electron chi connectivity index (χ4n) is 8.83. The van der Waals surface area contributed by atoms with Gasteiger partial charge in [-0.25, -0.2) is 4.98 Å². The SMILES string of the molecule is Cc1ncsc1-c1ccc(CNC(=O)C[C@@H]2C[C@@H](O)CN2C(=O)[C@@H](NC(=O)CCCCCCCCCC(=O)N2CC(c3c[nH]c4nnc(-c5ccccc5O)cc34)C2)C(C)(C)C)cc1. The topological polar surface area (TPSA) is 194 Å². The third-order valence-corrected chi connectivity index (χ3v) is 13.6. The number of amides is 4. The van der Waals surface area contributed by atoms with Gasteiger partial charge in [0.1, 0.15) is 11.8 Å². The number of unbranched alkanes of at least 4 members (excludes halogenated alkanes) is 6. The van der Waals surface area contributed by atoms with Crippen LogP contribution in [0.3, 0.4) is 0 Å². The summed E-state index contributed by atoms with van der Waals surface area (Å²) < 4.78 is 0. The molecular formula is C49H62N8O6S. The number of nitrogens with one attached hydrogen (secondary N) is 3. The maximum Gasteiger partial charge on any atom is 0.246 e. The first-order valence-electron chi connectivity index (χ1n) is 22.7. The number of aliphatic hydroxyl groups excluding tert-OH is 1. The summed E-state index contributed by atoms with van der Waals surface area (Å²) >= 11 is 1.59. The van der Waals surface area contributed by atoms with Crippen molar-refractivity contribution in [2.24, 2.45) is 5.41 Å². The van der Waals surface area contributed by atoms with Crippen LogP contribution in [0.15, 0.2) is 66.3 Å². The van der Waals surface area contributed by atoms with Crippen molar-refractivity contribution >= 4 is 46.0 Å². The summed E-state index contributed by atoms with van der Waals surface area (Å²) in [6.07, 6.45) is 8.91. The minimum atomic E-state index is -0.797. The minimum Gasteiger partial charge on any atom is -0.507 e. The van der Waals surface area contributed by atoms with E-state index in [9.17, 15) is 29.4 Å². The number of fused-ring (bicyclic) bond motifs is 1. The Labute approximate surface area is 379 Å². The highest BCUT2D eigenvalue weighted by molar-refractivity contribution is 7.13. The van der Waals surface area contributed by atoms with Gasteiger partial charge in [0.05, 0.1) is 27.9 Å². The van der Waals surface area contributed by atoms with Crippen LogP contribution in [0.4, 0.5) is 0 Å². The van der Waals surface area contributed by atoms with E-state index in [1.807, 2.05) is 86.8 Å². The standard InChI is InChI=1S/C49H62N8O6S/c1-31-45(64-30-52-31)33-20-18-32(19-21-33)25-50-43(61)23-35-22-36(58)29-57(35)48(63)46(49(2,3)4)53-42(60)16-10-8-6-5-7-9-11-17-44(62)56-27-34(28-56)39-26-51-47-38(39)24-40(54-55-47)37-14-12-13-15-41(37)59/h12-15,18-21,24,26,30,34-36,46,58-59H,5-11,16-17,22-23,25,27-29H2,1-4H3,(H,50,61)(H,51,55)(H,53,60)/t35-,36+,46+/m0/s1. The maximum absolute atomic E-state index is 14.0. The molecule has 64 heavy (non-hydrogen) atoms. The molecule has 5 N–H and O–H groups in total. The summed E-state index contributed by atoms with van der Waals surface area (Å²) in [5.74, 6) is -0.0999. The van der Waals surface area contributed by atoms with Crippen molar-refractivity contribution in [1.82, 2.24) is 40.6 Å². The first-order chi connectivity index (χ1) is 30.7. The van der Waals surface area contributed by atoms with E-state index in [-0.39, 0.29) is 48.3 Å². The van der Waals surface area contributed by atoms with Crippen molar-refractivity contribution in [3.63, 3.8) is 0 Å². The molecule has 7 rings (SSSR count). The molecule has 3 aromatic heterocycles. The van der Waals surface area contributed by atoms with E-state index in [1.54, 1.807) is 28.4 Å². The fraction of sp³-hybridized carbons (Fsp3) is 0.490. The van der Waals surface area contributed by atoms with Crippen LogP contribution in [0, 0.1) is 12.3 Å². The number of para-hydroxylation sites is 1. The molecule has 2 aliphatic heterocycles. The normalized spacial score (nSPS) is 17.1. The number of rotatable bonds is 19. The van der Waals surface area contributed by atoms with E-state index in [0.717, 1.165) is 71.2 Å². The number of aromatic hydroxyl groups is 1. The van der Waals surface area contributed by atoms with Gasteiger partial charge in [-0.1, -0.05) is 89.3 Å². The summed E-state index contributed by atoms with van der Waals surface area (Å²) in [4.78, 5) is 65.3. The number of hydrogen-bond donors (Lipinski definition) is 5. The van der Waals surface area contributed by atoms with E-state index in [0.29, 0.717) is 62.2 Å². The van der Waals surface area contributed by atoms with E-state index in [2.05, 4.69) is 30.8 Å². The first-order valence-corrected chi connectivity index (χ1v) is 23.6. The van der Waals surface area contributed by atoms with Crippen LogP contribution >= 0.6 is 11.3 Å². The molecule has 2 aromatic carbocycles. The number of carbonyl (C=O) groups excluding carboxylic acids is 4. The van der Waals surface area contributed by atoms with E-state index in [1.165, 1.54) is 0 Å². The number of likely N-dealkylation sites (tertiary alicyclic amines) is 2. The van der Waals surface area contributed by atoms with Crippen molar-refractivity contribution in [3.05, 3.63) is 83.1 Å². The average Bonchev–Trinajstić information content (AvgIpc) is 3.98. The number of aliphatic hydroxyl groups is 1. The van der Waals surface area contributed by atoms with Crippen molar-refractivity contribution < 1.29 is 29.4 Å². The van der Waals surface area contributed by atoms with Gasteiger partial charge in [-0.3, -0.25) is 19.2 Å². The van der Waals surface area contributed by atoms with E-state index >= 15 is 0 Å². The molecular weight excluding hydrogens is 829 g/mol. The zero-order valence-electron chi connectivity index (χ0n) is 37.4. The number of β-amino-alcohol motifs (C(OH)–C–C–N with tert-alkyl or cyclic N) is 1. The lowest BCUT2D eigenvalue weighted by Crippen LogP contribution is -2.56. The molecule has 0 radical (unpaired) electrons. The molecule has 3 atom stereocenters. The summed E-state index contributed by atoms with van der Waals surface area (Å²) in [5.41, 5.74) is 7.31. The van der Waals surface area contributed by atoms with Crippen LogP contribution < -0.4 is 10.6 Å². The Morgan fingerprint density at radius 1 is 0.906 bits per heavy atom. The monoisotopic (exact) mass is 890 g/mol. The third kappa shape index (κ3) is 11.5. The summed E-state index contributed by atoms with van der Waals surface area (Å²) in [5, 5.41) is 36.4. The molecule has 0 saturated carbocycles. The molecule has 2 aliphatic rings. The zero-order valence-corrected chi connectivity index (χ0v) is 38.3. The third-order valence-electron chi connectivity index (χ3n) is 12.6. The van der Waals surface area contributed by atoms with Gasteiger partial charge in [-0.05, 0) is 66.5 Å². The van der Waals surface area contributed by atoms with E-state index in [4.69, 9.17) is 0 Å². The number of phenolic OH excluding ortho intramolecular Hbond substituents is 1. The Morgan fingerprint density at radius 2 is 1.61 bits per heavy atom. The van der Waals surface area contributed by atoms with Crippen LogP contribution in [-0.2, 0) is 25.7 Å². The Kier molecular flexibility index (Phi) is 15.1. The molecule has 5 aromatic rings. The fourth-order valence-corrected chi connectivity index (χ4v) is 9.64. The predicted molar refractivity (Wildman–Crippen MR) is 248 cm³/mol. The Bertz CT molecular complexity index is 2400. The minimum absolute atomic E-state index is 0.0646. The number of aromatic amines is 1. The van der Waals surface area contributed by atoms with Gasteiger partial charge in [0.2, 0.25) is 23.6 Å². The van der Waals surface area contributed by atoms with Crippen molar-refractivity contribution in [2.45, 2.75) is 129 Å². The Hall–Kier alpha value is -5.67. The lowest BCUT2D eigenvalue weighted by molar-refractivity contribution is -0.141. The molecule has 15 heteroatoms. The Balaban J connectivity index is 0.766. The quantitative estimate of drug-likeness (QED) is 0.0526. The highest BCUT2D eigenvalue weighted by atomic mass is 32.1. The highest BCUT2D eigenvalue weighted by Crippen LogP contribution is 2.35. The van der Waals surface area contributed by atoms with Gasteiger partial charge in [0, 0.05) is 74.5 Å². The van der Waals surface area contributed by atoms with Gasteiger partial charge >= 0.3 is 0 Å². The summed E-state index contributed by atoms with van der Waals surface area (Å²) in [6, 6.07) is 15.8. The van der Waals surface area contributed by atoms with Crippen LogP contribution in [0.5, 0.6) is 5.75 Å². The van der Waals surface area contributed by atoms with Gasteiger partial charge in [-0.15, -0.1) is 21.5 Å². The number of nitrogens with zero attached hydrogens (tertiary/aromatic N) is 5. The average molecular weight is 891 g/mol. The van der Waals surface area contributed by atoms with Crippen molar-refractivity contribution in [2.75, 3.05) is 19.6 Å². The van der Waals surface area contributed by atoms with Crippen molar-refractivity contribution in [3.8, 4) is 27.4 Å². The second-order valence-electron chi connectivity index (χ2n) is 18.6. The maximum atomic E-state index is 14.0. The molecule has 0 unspecified atom stereocenters. The molecule has 4 amide bonds. The molecule has 5 heterocycles. The molecule has 0 bridgehead atoms. The lowest BCUT2D eigenvalue weighted by Gasteiger charge is -2.39. The van der Waals surface area contributed by atoms with Crippen LogP contribution in [-0.4, -0.2) is 102 Å². The largest absolute Gasteiger partial charge is 0.507 e. The molecule has 14 nitrogen and oxygen atoms in total. The van der Waals surface area contributed by atoms with Gasteiger partial charge in [0.15, 0.2) is 5.65 Å². The number of H-pyrrole nitrogens is 1. The number of hydrogen-bond acceptors (Lipinski definition) is 10. The second-order valence-corrected chi connectivity index (χ2v) is 19.4. The predicted octanol–water partition coefficient (Wildman–Crippen LogP) is 7.40. The lowest BCUT2D eigenvalue weighted by atomic mass is 9.85. The van der Waals surface area contributed by atoms with Gasteiger partial charge < -0.3 is 35.6 Å².